The molecule has 0 bridgehead atoms. The number of aliphatic carboxylic acids is 1. The lowest BCUT2D eigenvalue weighted by molar-refractivity contribution is -0.143. The number of rotatable bonds is 7. The number of amides is 1. The van der Waals surface area contributed by atoms with Crippen LogP contribution in [-0.2, 0) is 9.59 Å². The minimum atomic E-state index is -2.85. The first-order valence-corrected chi connectivity index (χ1v) is 7.22. The molecule has 0 aliphatic rings. The molecule has 2 rings (SSSR count). The van der Waals surface area contributed by atoms with Crippen molar-refractivity contribution in [2.45, 2.75) is 18.9 Å². The zero-order valence-electron chi connectivity index (χ0n) is 12.2. The smallest absolute Gasteiger partial charge is 0.326 e. The van der Waals surface area contributed by atoms with Gasteiger partial charge in [-0.25, -0.2) is 13.6 Å². The van der Waals surface area contributed by atoms with Crippen LogP contribution in [0.5, 0.6) is 5.75 Å². The average molecular weight is 359 g/mol. The number of nitrogens with zero attached hydrogens (tertiary/aromatic N) is 1. The van der Waals surface area contributed by atoms with E-state index in [4.69, 9.17) is 21.4 Å². The summed E-state index contributed by atoms with van der Waals surface area (Å²) in [5.74, 6) is -2.10. The van der Waals surface area contributed by atoms with Gasteiger partial charge in [0.25, 0.3) is 5.91 Å². The SMILES string of the molecule is O=C(COc1ccc(Cl)c2cccnc12)NC(CC(F)F)C(=O)O. The van der Waals surface area contributed by atoms with Gasteiger partial charge in [0.05, 0.1) is 5.02 Å². The van der Waals surface area contributed by atoms with E-state index in [9.17, 15) is 18.4 Å². The van der Waals surface area contributed by atoms with Crippen LogP contribution < -0.4 is 10.1 Å². The third kappa shape index (κ3) is 4.51. The molecule has 2 aromatic rings. The maximum absolute atomic E-state index is 12.3. The number of ether oxygens (including phenoxy) is 1. The fourth-order valence-corrected chi connectivity index (χ4v) is 2.22. The molecule has 0 fully saturated rings. The first kappa shape index (κ1) is 17.9. The number of carbonyl (C=O) groups excluding carboxylic acids is 1. The summed E-state index contributed by atoms with van der Waals surface area (Å²) in [6, 6.07) is 4.81. The minimum absolute atomic E-state index is 0.269. The van der Waals surface area contributed by atoms with Crippen LogP contribution in [0.15, 0.2) is 30.5 Å². The summed E-state index contributed by atoms with van der Waals surface area (Å²) in [6.07, 6.45) is -2.31. The Balaban J connectivity index is 2.04. The maximum Gasteiger partial charge on any atom is 0.326 e. The van der Waals surface area contributed by atoms with E-state index in [1.165, 1.54) is 12.3 Å². The van der Waals surface area contributed by atoms with Crippen molar-refractivity contribution in [1.29, 1.82) is 0 Å². The van der Waals surface area contributed by atoms with Gasteiger partial charge in [-0.05, 0) is 24.3 Å². The minimum Gasteiger partial charge on any atom is -0.481 e. The standard InChI is InChI=1S/C15H13ClF2N2O4/c16-9-3-4-11(14-8(9)2-1-5-19-14)24-7-13(21)20-10(15(22)23)6-12(17)18/h1-5,10,12H,6-7H2,(H,20,21)(H,22,23). The van der Waals surface area contributed by atoms with Crippen LogP contribution in [0.1, 0.15) is 6.42 Å². The molecule has 24 heavy (non-hydrogen) atoms. The topological polar surface area (TPSA) is 88.5 Å². The van der Waals surface area contributed by atoms with Gasteiger partial charge in [-0.15, -0.1) is 0 Å². The van der Waals surface area contributed by atoms with E-state index in [-0.39, 0.29) is 5.75 Å². The van der Waals surface area contributed by atoms with Crippen molar-refractivity contribution < 1.29 is 28.2 Å². The van der Waals surface area contributed by atoms with Gasteiger partial charge in [0.1, 0.15) is 17.3 Å². The Hall–Kier alpha value is -2.48. The third-order valence-corrected chi connectivity index (χ3v) is 3.41. The van der Waals surface area contributed by atoms with E-state index in [0.29, 0.717) is 15.9 Å². The Morgan fingerprint density at radius 3 is 2.75 bits per heavy atom. The fraction of sp³-hybridized carbons (Fsp3) is 0.267. The number of fused-ring (bicyclic) bond motifs is 1. The highest BCUT2D eigenvalue weighted by Crippen LogP contribution is 2.29. The first-order valence-electron chi connectivity index (χ1n) is 6.85. The Kier molecular flexibility index (Phi) is 5.86. The number of benzene rings is 1. The summed E-state index contributed by atoms with van der Waals surface area (Å²) in [5.41, 5.74) is 0.431. The maximum atomic E-state index is 12.3. The number of alkyl halides is 2. The lowest BCUT2D eigenvalue weighted by atomic mass is 10.2. The molecular weight excluding hydrogens is 346 g/mol. The molecule has 0 spiro atoms. The third-order valence-electron chi connectivity index (χ3n) is 3.09. The van der Waals surface area contributed by atoms with Crippen LogP contribution in [0, 0.1) is 0 Å². The average Bonchev–Trinajstić information content (AvgIpc) is 2.53. The lowest BCUT2D eigenvalue weighted by Crippen LogP contribution is -2.44. The molecule has 0 aliphatic carbocycles. The first-order chi connectivity index (χ1) is 11.4. The van der Waals surface area contributed by atoms with Crippen molar-refractivity contribution in [1.82, 2.24) is 10.3 Å². The number of carbonyl (C=O) groups is 2. The summed E-state index contributed by atoms with van der Waals surface area (Å²) >= 11 is 6.03. The fourth-order valence-electron chi connectivity index (χ4n) is 2.01. The molecule has 1 aromatic carbocycles. The molecule has 2 N–H and O–H groups in total. The van der Waals surface area contributed by atoms with Gasteiger partial charge in [0.15, 0.2) is 6.61 Å². The second-order valence-corrected chi connectivity index (χ2v) is 5.23. The highest BCUT2D eigenvalue weighted by Gasteiger charge is 2.24. The molecule has 1 heterocycles. The number of pyridine rings is 1. The van der Waals surface area contributed by atoms with Crippen molar-refractivity contribution in [3.63, 3.8) is 0 Å². The lowest BCUT2D eigenvalue weighted by Gasteiger charge is -2.14. The molecule has 0 saturated heterocycles. The van der Waals surface area contributed by atoms with Gasteiger partial charge in [0, 0.05) is 18.0 Å². The Morgan fingerprint density at radius 1 is 1.33 bits per heavy atom. The van der Waals surface area contributed by atoms with Crippen LogP contribution in [0.2, 0.25) is 5.02 Å². The molecule has 0 saturated carbocycles. The summed E-state index contributed by atoms with van der Waals surface area (Å²) < 4.78 is 29.9. The number of halogens is 3. The van der Waals surface area contributed by atoms with Crippen molar-refractivity contribution in [3.8, 4) is 5.75 Å². The van der Waals surface area contributed by atoms with Crippen molar-refractivity contribution in [3.05, 3.63) is 35.5 Å². The Bertz CT molecular complexity index is 757. The number of hydrogen-bond donors (Lipinski definition) is 2. The summed E-state index contributed by atoms with van der Waals surface area (Å²) in [6.45, 7) is -0.541. The van der Waals surface area contributed by atoms with Gasteiger partial charge in [-0.1, -0.05) is 11.6 Å². The van der Waals surface area contributed by atoms with Crippen LogP contribution in [0.4, 0.5) is 8.78 Å². The highest BCUT2D eigenvalue weighted by molar-refractivity contribution is 6.35. The van der Waals surface area contributed by atoms with E-state index in [1.54, 1.807) is 18.2 Å². The monoisotopic (exact) mass is 358 g/mol. The molecule has 1 unspecified atom stereocenters. The van der Waals surface area contributed by atoms with Crippen molar-refractivity contribution in [2.24, 2.45) is 0 Å². The van der Waals surface area contributed by atoms with E-state index in [0.717, 1.165) is 0 Å². The van der Waals surface area contributed by atoms with Gasteiger partial charge in [-0.2, -0.15) is 0 Å². The van der Waals surface area contributed by atoms with Crippen molar-refractivity contribution in [2.75, 3.05) is 6.61 Å². The molecule has 0 radical (unpaired) electrons. The van der Waals surface area contributed by atoms with Crippen LogP contribution >= 0.6 is 11.6 Å². The summed E-state index contributed by atoms with van der Waals surface area (Å²) in [4.78, 5) is 26.7. The molecule has 128 valence electrons. The molecule has 1 atom stereocenters. The van der Waals surface area contributed by atoms with E-state index < -0.39 is 37.4 Å². The van der Waals surface area contributed by atoms with E-state index in [2.05, 4.69) is 4.98 Å². The van der Waals surface area contributed by atoms with E-state index in [1.807, 2.05) is 5.32 Å². The second-order valence-electron chi connectivity index (χ2n) is 4.82. The highest BCUT2D eigenvalue weighted by atomic mass is 35.5. The normalized spacial score (nSPS) is 12.2. The van der Waals surface area contributed by atoms with E-state index >= 15 is 0 Å². The predicted molar refractivity (Wildman–Crippen MR) is 82.4 cm³/mol. The molecule has 9 heteroatoms. The molecule has 0 aliphatic heterocycles. The Labute approximate surface area is 140 Å². The quantitative estimate of drug-likeness (QED) is 0.794. The van der Waals surface area contributed by atoms with Gasteiger partial charge in [0.2, 0.25) is 6.43 Å². The second kappa shape index (κ2) is 7.87. The number of carboxylic acid groups (broad SMARTS) is 1. The van der Waals surface area contributed by atoms with Crippen LogP contribution in [0.3, 0.4) is 0 Å². The number of nitrogens with one attached hydrogen (secondary N) is 1. The number of hydrogen-bond acceptors (Lipinski definition) is 4. The molecule has 6 nitrogen and oxygen atoms in total. The van der Waals surface area contributed by atoms with Gasteiger partial charge >= 0.3 is 5.97 Å². The summed E-state index contributed by atoms with van der Waals surface area (Å²) in [7, 11) is 0. The van der Waals surface area contributed by atoms with Crippen molar-refractivity contribution >= 4 is 34.4 Å². The van der Waals surface area contributed by atoms with Crippen LogP contribution in [-0.4, -0.2) is 41.0 Å². The zero-order chi connectivity index (χ0) is 17.7. The van der Waals surface area contributed by atoms with Crippen LogP contribution in [0.25, 0.3) is 10.9 Å². The summed E-state index contributed by atoms with van der Waals surface area (Å²) in [5, 5.41) is 11.9. The Morgan fingerprint density at radius 2 is 2.08 bits per heavy atom. The number of aromatic nitrogens is 1. The molecular formula is C15H13ClF2N2O4. The molecule has 1 aromatic heterocycles. The van der Waals surface area contributed by atoms with Gasteiger partial charge < -0.3 is 15.2 Å². The number of carboxylic acids is 1. The van der Waals surface area contributed by atoms with Gasteiger partial charge in [-0.3, -0.25) is 9.78 Å². The molecule has 1 amide bonds. The largest absolute Gasteiger partial charge is 0.481 e. The predicted octanol–water partition coefficient (Wildman–Crippen LogP) is 2.49. The zero-order valence-corrected chi connectivity index (χ0v) is 13.0.